The summed E-state index contributed by atoms with van der Waals surface area (Å²) in [6.45, 7) is 10.2. The number of carbonyl (C=O) groups excluding carboxylic acids is 1. The molecular weight excluding hydrogens is 296 g/mol. The summed E-state index contributed by atoms with van der Waals surface area (Å²) in [6.07, 6.45) is 1.56. The highest BCUT2D eigenvalue weighted by Crippen LogP contribution is 2.20. The fourth-order valence-corrected chi connectivity index (χ4v) is 2.78. The molecule has 0 unspecified atom stereocenters. The number of anilines is 1. The van der Waals surface area contributed by atoms with Crippen LogP contribution in [0.4, 0.5) is 5.95 Å². The van der Waals surface area contributed by atoms with Gasteiger partial charge in [0.25, 0.3) is 5.56 Å². The van der Waals surface area contributed by atoms with E-state index in [4.69, 9.17) is 0 Å². The maximum Gasteiger partial charge on any atom is 0.263 e. The maximum absolute atomic E-state index is 12.3. The van der Waals surface area contributed by atoms with Gasteiger partial charge in [0.1, 0.15) is 5.39 Å². The third kappa shape index (κ3) is 2.80. The van der Waals surface area contributed by atoms with Crippen LogP contribution in [0.5, 0.6) is 0 Å². The van der Waals surface area contributed by atoms with Crippen LogP contribution >= 0.6 is 0 Å². The molecule has 3 heterocycles. The topological polar surface area (TPSA) is 87.1 Å². The molecule has 1 amide bonds. The molecule has 0 spiro atoms. The number of nitrogens with zero attached hydrogens (tertiary/aromatic N) is 5. The van der Waals surface area contributed by atoms with E-state index in [-0.39, 0.29) is 17.0 Å². The van der Waals surface area contributed by atoms with Gasteiger partial charge in [-0.2, -0.15) is 10.1 Å². The SMILES string of the molecule is CC(=O)N1CCN(c2nc3c(cnn3C(C)(C)C)c(=O)[nH]2)CC1. The lowest BCUT2D eigenvalue weighted by atomic mass is 10.1. The van der Waals surface area contributed by atoms with Gasteiger partial charge in [0.15, 0.2) is 5.65 Å². The number of H-pyrrole nitrogens is 1. The first-order valence-corrected chi connectivity index (χ1v) is 7.76. The molecule has 8 nitrogen and oxygen atoms in total. The van der Waals surface area contributed by atoms with Gasteiger partial charge in [-0.1, -0.05) is 0 Å². The first kappa shape index (κ1) is 15.5. The fraction of sp³-hybridized carbons (Fsp3) is 0.600. The average Bonchev–Trinajstić information content (AvgIpc) is 2.92. The number of nitrogens with one attached hydrogen (secondary N) is 1. The number of carbonyl (C=O) groups is 1. The molecule has 1 saturated heterocycles. The Morgan fingerprint density at radius 2 is 1.87 bits per heavy atom. The van der Waals surface area contributed by atoms with Gasteiger partial charge in [0.2, 0.25) is 11.9 Å². The van der Waals surface area contributed by atoms with Crippen molar-refractivity contribution in [3.63, 3.8) is 0 Å². The molecule has 1 N–H and O–H groups in total. The second-order valence-corrected chi connectivity index (χ2v) is 6.85. The predicted octanol–water partition coefficient (Wildman–Crippen LogP) is 0.543. The molecule has 1 fully saturated rings. The minimum absolute atomic E-state index is 0.0763. The summed E-state index contributed by atoms with van der Waals surface area (Å²) >= 11 is 0. The van der Waals surface area contributed by atoms with Crippen LogP contribution < -0.4 is 10.5 Å². The van der Waals surface area contributed by atoms with Crippen molar-refractivity contribution in [2.24, 2.45) is 0 Å². The third-order valence-corrected chi connectivity index (χ3v) is 4.09. The van der Waals surface area contributed by atoms with Gasteiger partial charge in [0.05, 0.1) is 11.7 Å². The van der Waals surface area contributed by atoms with E-state index in [9.17, 15) is 9.59 Å². The predicted molar refractivity (Wildman–Crippen MR) is 87.6 cm³/mol. The number of aromatic amines is 1. The van der Waals surface area contributed by atoms with Gasteiger partial charge in [-0.15, -0.1) is 0 Å². The molecule has 0 radical (unpaired) electrons. The van der Waals surface area contributed by atoms with Gasteiger partial charge in [-0.3, -0.25) is 14.6 Å². The molecule has 3 rings (SSSR count). The van der Waals surface area contributed by atoms with E-state index in [0.717, 1.165) is 0 Å². The third-order valence-electron chi connectivity index (χ3n) is 4.09. The molecule has 0 atom stereocenters. The molecule has 1 aliphatic rings. The summed E-state index contributed by atoms with van der Waals surface area (Å²) in [6, 6.07) is 0. The van der Waals surface area contributed by atoms with Gasteiger partial charge < -0.3 is 9.80 Å². The Morgan fingerprint density at radius 3 is 2.43 bits per heavy atom. The highest BCUT2D eigenvalue weighted by molar-refractivity contribution is 5.75. The Balaban J connectivity index is 1.97. The van der Waals surface area contributed by atoms with Crippen molar-refractivity contribution >= 4 is 22.9 Å². The first-order valence-electron chi connectivity index (χ1n) is 7.76. The molecule has 2 aromatic heterocycles. The summed E-state index contributed by atoms with van der Waals surface area (Å²) in [5, 5.41) is 4.80. The van der Waals surface area contributed by atoms with Crippen LogP contribution in [-0.4, -0.2) is 56.7 Å². The highest BCUT2D eigenvalue weighted by atomic mass is 16.2. The zero-order chi connectivity index (χ0) is 16.8. The maximum atomic E-state index is 12.3. The van der Waals surface area contributed by atoms with Crippen LogP contribution in [0.25, 0.3) is 11.0 Å². The molecule has 8 heteroatoms. The van der Waals surface area contributed by atoms with Crippen LogP contribution in [0.15, 0.2) is 11.0 Å². The Labute approximate surface area is 134 Å². The van der Waals surface area contributed by atoms with Gasteiger partial charge in [0, 0.05) is 33.1 Å². The lowest BCUT2D eigenvalue weighted by Crippen LogP contribution is -2.49. The molecule has 2 aromatic rings. The van der Waals surface area contributed by atoms with Gasteiger partial charge in [-0.25, -0.2) is 4.68 Å². The Kier molecular flexibility index (Phi) is 3.62. The highest BCUT2D eigenvalue weighted by Gasteiger charge is 2.23. The van der Waals surface area contributed by atoms with E-state index in [1.54, 1.807) is 22.7 Å². The molecular formula is C15H22N6O2. The van der Waals surface area contributed by atoms with Crippen molar-refractivity contribution in [3.8, 4) is 0 Å². The van der Waals surface area contributed by atoms with Gasteiger partial charge >= 0.3 is 0 Å². The largest absolute Gasteiger partial charge is 0.339 e. The molecule has 0 aliphatic carbocycles. The second-order valence-electron chi connectivity index (χ2n) is 6.85. The van der Waals surface area contributed by atoms with Crippen molar-refractivity contribution in [1.29, 1.82) is 0 Å². The quantitative estimate of drug-likeness (QED) is 0.829. The molecule has 1 aliphatic heterocycles. The molecule has 124 valence electrons. The lowest BCUT2D eigenvalue weighted by Gasteiger charge is -2.34. The standard InChI is InChI=1S/C15H22N6O2/c1-10(22)19-5-7-20(8-6-19)14-17-12-11(13(23)18-14)9-16-21(12)15(2,3)4/h9H,5-8H2,1-4H3,(H,17,18,23). The van der Waals surface area contributed by atoms with Crippen molar-refractivity contribution in [2.45, 2.75) is 33.2 Å². The number of hydrogen-bond acceptors (Lipinski definition) is 5. The smallest absolute Gasteiger partial charge is 0.263 e. The van der Waals surface area contributed by atoms with Crippen molar-refractivity contribution in [2.75, 3.05) is 31.1 Å². The van der Waals surface area contributed by atoms with E-state index >= 15 is 0 Å². The summed E-state index contributed by atoms with van der Waals surface area (Å²) in [4.78, 5) is 35.0. The van der Waals surface area contributed by atoms with Crippen LogP contribution in [0, 0.1) is 0 Å². The molecule has 0 bridgehead atoms. The normalized spacial score (nSPS) is 16.2. The Bertz CT molecular complexity index is 792. The summed E-state index contributed by atoms with van der Waals surface area (Å²) in [7, 11) is 0. The summed E-state index contributed by atoms with van der Waals surface area (Å²) in [5.41, 5.74) is 0.146. The number of piperazine rings is 1. The van der Waals surface area contributed by atoms with Crippen LogP contribution in [0.2, 0.25) is 0 Å². The minimum Gasteiger partial charge on any atom is -0.339 e. The van der Waals surface area contributed by atoms with Crippen LogP contribution in [0.3, 0.4) is 0 Å². The zero-order valence-corrected chi connectivity index (χ0v) is 14.0. The number of hydrogen-bond donors (Lipinski definition) is 1. The minimum atomic E-state index is -0.257. The molecule has 23 heavy (non-hydrogen) atoms. The van der Waals surface area contributed by atoms with E-state index < -0.39 is 0 Å². The summed E-state index contributed by atoms with van der Waals surface area (Å²) < 4.78 is 1.77. The molecule has 0 saturated carbocycles. The Morgan fingerprint density at radius 1 is 1.22 bits per heavy atom. The van der Waals surface area contributed by atoms with E-state index in [0.29, 0.717) is 43.2 Å². The molecule has 0 aromatic carbocycles. The fourth-order valence-electron chi connectivity index (χ4n) is 2.78. The Hall–Kier alpha value is -2.38. The van der Waals surface area contributed by atoms with E-state index in [1.165, 1.54) is 0 Å². The number of rotatable bonds is 1. The summed E-state index contributed by atoms with van der Waals surface area (Å²) in [5.74, 6) is 0.615. The van der Waals surface area contributed by atoms with E-state index in [2.05, 4.69) is 15.1 Å². The van der Waals surface area contributed by atoms with Crippen molar-refractivity contribution in [3.05, 3.63) is 16.6 Å². The zero-order valence-electron chi connectivity index (χ0n) is 14.0. The number of fused-ring (bicyclic) bond motifs is 1. The lowest BCUT2D eigenvalue weighted by molar-refractivity contribution is -0.129. The van der Waals surface area contributed by atoms with Crippen molar-refractivity contribution in [1.82, 2.24) is 24.6 Å². The van der Waals surface area contributed by atoms with Gasteiger partial charge in [-0.05, 0) is 20.8 Å². The number of amides is 1. The van der Waals surface area contributed by atoms with Crippen molar-refractivity contribution < 1.29 is 4.79 Å². The monoisotopic (exact) mass is 318 g/mol. The second kappa shape index (κ2) is 5.36. The first-order chi connectivity index (χ1) is 10.8. The number of aromatic nitrogens is 4. The van der Waals surface area contributed by atoms with Crippen LogP contribution in [-0.2, 0) is 10.3 Å². The van der Waals surface area contributed by atoms with Crippen LogP contribution in [0.1, 0.15) is 27.7 Å². The van der Waals surface area contributed by atoms with E-state index in [1.807, 2.05) is 25.7 Å². The average molecular weight is 318 g/mol.